The lowest BCUT2D eigenvalue weighted by Crippen LogP contribution is -2.38. The van der Waals surface area contributed by atoms with E-state index in [2.05, 4.69) is 278 Å². The number of fused-ring (bicyclic) bond motifs is 19. The minimum atomic E-state index is -0.639. The Morgan fingerprint density at radius 1 is 0.411 bits per heavy atom. The Bertz CT molecular complexity index is 3770. The molecule has 14 rings (SSSR count). The van der Waals surface area contributed by atoms with Crippen LogP contribution < -0.4 is 9.64 Å². The summed E-state index contributed by atoms with van der Waals surface area (Å²) < 4.78 is 7.06. The second kappa shape index (κ2) is 15.3. The summed E-state index contributed by atoms with van der Waals surface area (Å²) in [5.74, 6) is 1.98. The molecule has 4 aliphatic carbocycles. The predicted octanol–water partition coefficient (Wildman–Crippen LogP) is 18.2. The molecule has 9 aromatic rings. The lowest BCUT2D eigenvalue weighted by molar-refractivity contribution is 0.372. The van der Waals surface area contributed by atoms with Gasteiger partial charge in [0.25, 0.3) is 0 Å². The van der Waals surface area contributed by atoms with E-state index in [1.165, 1.54) is 72.3 Å². The largest absolute Gasteiger partial charge is 0.457 e. The smallest absolute Gasteiger partial charge is 0.132 e. The molecule has 2 heteroatoms. The van der Waals surface area contributed by atoms with Crippen molar-refractivity contribution in [1.82, 2.24) is 0 Å². The van der Waals surface area contributed by atoms with Gasteiger partial charge in [-0.2, -0.15) is 0 Å². The van der Waals surface area contributed by atoms with Crippen molar-refractivity contribution in [1.29, 1.82) is 0 Å². The second-order valence-electron chi connectivity index (χ2n) is 23.4. The molecule has 0 N–H and O–H groups in total. The zero-order valence-electron chi connectivity index (χ0n) is 42.8. The van der Waals surface area contributed by atoms with Crippen molar-refractivity contribution in [2.24, 2.45) is 5.92 Å². The van der Waals surface area contributed by atoms with Crippen molar-refractivity contribution in [2.45, 2.75) is 75.5 Å². The first-order valence-electron chi connectivity index (χ1n) is 26.2. The van der Waals surface area contributed by atoms with Gasteiger partial charge in [-0.25, -0.2) is 0 Å². The Morgan fingerprint density at radius 3 is 1.68 bits per heavy atom. The summed E-state index contributed by atoms with van der Waals surface area (Å²) in [4.78, 5) is 2.50. The molecule has 0 bridgehead atoms. The van der Waals surface area contributed by atoms with E-state index in [9.17, 15) is 0 Å². The molecule has 1 aliphatic heterocycles. The first kappa shape index (κ1) is 43.8. The topological polar surface area (TPSA) is 12.5 Å². The molecule has 0 aromatic heterocycles. The SMILES string of the molecule is CC(C)(C)c1ccc2c(c1)C1(c3ccccc3Oc3ccc(-c4ccccc4N(c4ccccc4)c4ccc5c(c4)C4(c6ccccc6-5)c5ccccc5C5(C)C=CC=CC54)cc31)c1cc(C(C)(C)C)ccc1-2. The lowest BCUT2D eigenvalue weighted by atomic mass is 9.61. The van der Waals surface area contributed by atoms with E-state index < -0.39 is 5.41 Å². The van der Waals surface area contributed by atoms with E-state index in [4.69, 9.17) is 4.74 Å². The molecule has 2 spiro atoms. The second-order valence-corrected chi connectivity index (χ2v) is 23.4. The van der Waals surface area contributed by atoms with Gasteiger partial charge in [0.15, 0.2) is 0 Å². The van der Waals surface area contributed by atoms with E-state index in [1.54, 1.807) is 0 Å². The van der Waals surface area contributed by atoms with E-state index in [-0.39, 0.29) is 27.6 Å². The average Bonchev–Trinajstić information content (AvgIpc) is 3.96. The van der Waals surface area contributed by atoms with Crippen LogP contribution in [0.2, 0.25) is 0 Å². The number of ether oxygens (including phenoxy) is 1. The van der Waals surface area contributed by atoms with Gasteiger partial charge in [0, 0.05) is 39.4 Å². The number of hydrogen-bond donors (Lipinski definition) is 0. The van der Waals surface area contributed by atoms with Crippen LogP contribution in [0.1, 0.15) is 104 Å². The summed E-state index contributed by atoms with van der Waals surface area (Å²) in [5.41, 5.74) is 22.7. The third kappa shape index (κ3) is 5.93. The fourth-order valence-corrected chi connectivity index (χ4v) is 14.1. The zero-order chi connectivity index (χ0) is 49.6. The summed E-state index contributed by atoms with van der Waals surface area (Å²) in [6.07, 6.45) is 9.47. The van der Waals surface area contributed by atoms with Gasteiger partial charge in [-0.15, -0.1) is 0 Å². The van der Waals surface area contributed by atoms with Gasteiger partial charge in [0.1, 0.15) is 11.5 Å². The van der Waals surface area contributed by atoms with Gasteiger partial charge in [0.2, 0.25) is 0 Å². The molecule has 3 atom stereocenters. The maximum atomic E-state index is 7.06. The van der Waals surface area contributed by atoms with E-state index in [0.717, 1.165) is 45.3 Å². The van der Waals surface area contributed by atoms with Crippen LogP contribution in [0.15, 0.2) is 224 Å². The van der Waals surface area contributed by atoms with Gasteiger partial charge in [-0.05, 0) is 132 Å². The molecule has 73 heavy (non-hydrogen) atoms. The lowest BCUT2D eigenvalue weighted by Gasteiger charge is -2.40. The van der Waals surface area contributed by atoms with Gasteiger partial charge in [-0.3, -0.25) is 0 Å². The molecule has 5 aliphatic rings. The highest BCUT2D eigenvalue weighted by molar-refractivity contribution is 5.94. The minimum Gasteiger partial charge on any atom is -0.457 e. The maximum absolute atomic E-state index is 7.06. The summed E-state index contributed by atoms with van der Waals surface area (Å²) in [7, 11) is 0. The summed E-state index contributed by atoms with van der Waals surface area (Å²) >= 11 is 0. The van der Waals surface area contributed by atoms with Crippen molar-refractivity contribution in [3.05, 3.63) is 280 Å². The number of para-hydroxylation sites is 3. The number of rotatable bonds is 4. The highest BCUT2D eigenvalue weighted by atomic mass is 16.5. The summed E-state index contributed by atoms with van der Waals surface area (Å²) in [5, 5.41) is 0. The Kier molecular flexibility index (Phi) is 9.18. The first-order valence-corrected chi connectivity index (χ1v) is 26.2. The molecule has 2 nitrogen and oxygen atoms in total. The average molecular weight is 942 g/mol. The summed E-state index contributed by atoms with van der Waals surface area (Å²) in [6, 6.07) is 76.0. The van der Waals surface area contributed by atoms with Crippen LogP contribution in [0.5, 0.6) is 11.5 Å². The van der Waals surface area contributed by atoms with E-state index in [1.807, 2.05) is 0 Å². The van der Waals surface area contributed by atoms with Crippen molar-refractivity contribution < 1.29 is 4.74 Å². The Balaban J connectivity index is 1.01. The van der Waals surface area contributed by atoms with Crippen molar-refractivity contribution >= 4 is 17.1 Å². The fraction of sp³-hybridized carbons (Fsp3) is 0.183. The molecule has 0 saturated carbocycles. The standard InChI is InChI=1S/C71H59NO/c1-67(2,3)46-33-36-52-53-37-34-47(68(4,5)6)43-60(53)70(59(52)42-46)58-28-16-18-30-64(58)73-65-39-32-45(41-62(65)70)50-23-12-17-29-63(50)72(48-21-9-8-10-22-48)49-35-38-54-51-24-11-13-25-55(51)71(61(54)44-49)57-27-15-14-26-56(57)69(7)40-20-19-31-66(69)71/h8-44,66H,1-7H3. The third-order valence-corrected chi connectivity index (χ3v) is 17.5. The molecule has 3 unspecified atom stereocenters. The normalized spacial score (nSPS) is 19.8. The van der Waals surface area contributed by atoms with Crippen LogP contribution in [0, 0.1) is 5.92 Å². The number of benzene rings is 9. The van der Waals surface area contributed by atoms with Crippen LogP contribution in [0.4, 0.5) is 17.1 Å². The third-order valence-electron chi connectivity index (χ3n) is 17.5. The van der Waals surface area contributed by atoms with Crippen LogP contribution in [0.25, 0.3) is 33.4 Å². The molecular weight excluding hydrogens is 883 g/mol. The molecule has 0 fully saturated rings. The van der Waals surface area contributed by atoms with Gasteiger partial charge in [-0.1, -0.05) is 224 Å². The highest BCUT2D eigenvalue weighted by Gasteiger charge is 2.61. The first-order chi connectivity index (χ1) is 35.3. The molecule has 9 aromatic carbocycles. The predicted molar refractivity (Wildman–Crippen MR) is 302 cm³/mol. The van der Waals surface area contributed by atoms with Crippen LogP contribution >= 0.6 is 0 Å². The molecular formula is C71H59NO. The number of nitrogens with zero attached hydrogens (tertiary/aromatic N) is 1. The Labute approximate surface area is 431 Å². The van der Waals surface area contributed by atoms with Gasteiger partial charge < -0.3 is 9.64 Å². The quantitative estimate of drug-likeness (QED) is 0.174. The monoisotopic (exact) mass is 941 g/mol. The fourth-order valence-electron chi connectivity index (χ4n) is 14.1. The maximum Gasteiger partial charge on any atom is 0.132 e. The molecule has 354 valence electrons. The van der Waals surface area contributed by atoms with E-state index >= 15 is 0 Å². The molecule has 0 amide bonds. The Morgan fingerprint density at radius 2 is 0.973 bits per heavy atom. The minimum absolute atomic E-state index is 0.0538. The summed E-state index contributed by atoms with van der Waals surface area (Å²) in [6.45, 7) is 16.4. The van der Waals surface area contributed by atoms with Crippen LogP contribution in [-0.2, 0) is 27.1 Å². The molecule has 1 heterocycles. The zero-order valence-corrected chi connectivity index (χ0v) is 42.8. The van der Waals surface area contributed by atoms with Gasteiger partial charge >= 0.3 is 0 Å². The van der Waals surface area contributed by atoms with Crippen molar-refractivity contribution in [3.63, 3.8) is 0 Å². The number of anilines is 3. The van der Waals surface area contributed by atoms with Gasteiger partial charge in [0.05, 0.1) is 16.5 Å². The number of allylic oxidation sites excluding steroid dienone is 4. The van der Waals surface area contributed by atoms with Crippen molar-refractivity contribution in [3.8, 4) is 44.9 Å². The van der Waals surface area contributed by atoms with E-state index in [0.29, 0.717) is 0 Å². The number of hydrogen-bond acceptors (Lipinski definition) is 2. The van der Waals surface area contributed by atoms with Crippen LogP contribution in [-0.4, -0.2) is 0 Å². The molecule has 0 saturated heterocycles. The molecule has 0 radical (unpaired) electrons. The Hall–Kier alpha value is -7.94. The van der Waals surface area contributed by atoms with Crippen LogP contribution in [0.3, 0.4) is 0 Å². The highest BCUT2D eigenvalue weighted by Crippen LogP contribution is 2.68. The van der Waals surface area contributed by atoms with Crippen molar-refractivity contribution in [2.75, 3.05) is 4.90 Å².